The van der Waals surface area contributed by atoms with E-state index in [-0.39, 0.29) is 16.9 Å². The quantitative estimate of drug-likeness (QED) is 0.352. The van der Waals surface area contributed by atoms with E-state index >= 15 is 0 Å². The highest BCUT2D eigenvalue weighted by Crippen LogP contribution is 2.62. The lowest BCUT2D eigenvalue weighted by atomic mass is 9.44. The Morgan fingerprint density at radius 2 is 1.38 bits per heavy atom. The topological polar surface area (TPSA) is 40.5 Å². The lowest BCUT2D eigenvalue weighted by molar-refractivity contribution is -0.195. The zero-order valence-electron chi connectivity index (χ0n) is 22.4. The van der Waals surface area contributed by atoms with E-state index in [0.717, 1.165) is 64.2 Å². The maximum absolute atomic E-state index is 11.4. The fourth-order valence-corrected chi connectivity index (χ4v) is 6.99. The number of allylic oxidation sites excluding steroid dienone is 6. The van der Waals surface area contributed by atoms with E-state index in [1.165, 1.54) is 16.7 Å². The van der Waals surface area contributed by atoms with E-state index < -0.39 is 5.60 Å². The molecule has 0 aliphatic heterocycles. The van der Waals surface area contributed by atoms with Crippen LogP contribution < -0.4 is 0 Å². The molecule has 0 spiro atoms. The van der Waals surface area contributed by atoms with Crippen LogP contribution in [0.5, 0.6) is 0 Å². The van der Waals surface area contributed by atoms with Crippen molar-refractivity contribution >= 4 is 0 Å². The van der Waals surface area contributed by atoms with Gasteiger partial charge in [0.25, 0.3) is 0 Å². The van der Waals surface area contributed by atoms with Crippen molar-refractivity contribution in [1.82, 2.24) is 0 Å². The first-order valence-electron chi connectivity index (χ1n) is 13.2. The van der Waals surface area contributed by atoms with Gasteiger partial charge < -0.3 is 10.2 Å². The summed E-state index contributed by atoms with van der Waals surface area (Å²) in [6.45, 7) is 17.8. The number of aliphatic hydroxyl groups is 2. The second-order valence-electron chi connectivity index (χ2n) is 12.4. The number of fused-ring (bicyclic) bond motifs is 1. The summed E-state index contributed by atoms with van der Waals surface area (Å²) >= 11 is 0. The molecule has 5 atom stereocenters. The smallest absolute Gasteiger partial charge is 0.0653 e. The lowest BCUT2D eigenvalue weighted by Gasteiger charge is -2.62. The average molecular weight is 445 g/mol. The summed E-state index contributed by atoms with van der Waals surface area (Å²) in [5, 5.41) is 22.0. The van der Waals surface area contributed by atoms with Gasteiger partial charge >= 0.3 is 0 Å². The third-order valence-corrected chi connectivity index (χ3v) is 9.07. The van der Waals surface area contributed by atoms with Gasteiger partial charge in [0.15, 0.2) is 0 Å². The van der Waals surface area contributed by atoms with Crippen molar-refractivity contribution in [3.05, 3.63) is 34.9 Å². The van der Waals surface area contributed by atoms with Crippen LogP contribution in [0.1, 0.15) is 120 Å². The predicted molar refractivity (Wildman–Crippen MR) is 139 cm³/mol. The highest BCUT2D eigenvalue weighted by atomic mass is 16.3. The molecule has 0 bridgehead atoms. The van der Waals surface area contributed by atoms with Crippen LogP contribution >= 0.6 is 0 Å². The normalized spacial score (nSPS) is 35.4. The zero-order valence-corrected chi connectivity index (χ0v) is 22.4. The molecule has 2 heteroatoms. The van der Waals surface area contributed by atoms with Crippen molar-refractivity contribution in [3.63, 3.8) is 0 Å². The van der Waals surface area contributed by atoms with Crippen molar-refractivity contribution in [2.45, 2.75) is 131 Å². The van der Waals surface area contributed by atoms with Crippen LogP contribution in [0.3, 0.4) is 0 Å². The van der Waals surface area contributed by atoms with Gasteiger partial charge in [0.1, 0.15) is 0 Å². The molecule has 2 N–H and O–H groups in total. The van der Waals surface area contributed by atoms with Crippen LogP contribution in [0.2, 0.25) is 0 Å². The Kier molecular flexibility index (Phi) is 9.45. The van der Waals surface area contributed by atoms with Gasteiger partial charge in [-0.05, 0) is 121 Å². The van der Waals surface area contributed by atoms with E-state index in [1.54, 1.807) is 0 Å². The third-order valence-electron chi connectivity index (χ3n) is 9.07. The summed E-state index contributed by atoms with van der Waals surface area (Å²) < 4.78 is 0. The second kappa shape index (κ2) is 11.0. The van der Waals surface area contributed by atoms with Gasteiger partial charge in [-0.25, -0.2) is 0 Å². The van der Waals surface area contributed by atoms with Gasteiger partial charge in [0.2, 0.25) is 0 Å². The van der Waals surface area contributed by atoms with E-state index in [4.69, 9.17) is 0 Å². The summed E-state index contributed by atoms with van der Waals surface area (Å²) in [6.07, 6.45) is 17.3. The maximum Gasteiger partial charge on any atom is 0.0653 e. The van der Waals surface area contributed by atoms with Gasteiger partial charge in [-0.2, -0.15) is 0 Å². The van der Waals surface area contributed by atoms with Crippen molar-refractivity contribution in [3.8, 4) is 0 Å². The Labute approximate surface area is 199 Å². The van der Waals surface area contributed by atoms with Crippen LogP contribution in [0.15, 0.2) is 34.9 Å². The molecule has 0 aromatic carbocycles. The van der Waals surface area contributed by atoms with Gasteiger partial charge in [-0.3, -0.25) is 0 Å². The number of rotatable bonds is 9. The first-order chi connectivity index (χ1) is 14.8. The number of aliphatic hydroxyl groups excluding tert-OH is 1. The van der Waals surface area contributed by atoms with Crippen LogP contribution in [0.25, 0.3) is 0 Å². The number of hydrogen-bond donors (Lipinski definition) is 2. The molecule has 184 valence electrons. The van der Waals surface area contributed by atoms with Crippen LogP contribution in [-0.4, -0.2) is 21.9 Å². The fourth-order valence-electron chi connectivity index (χ4n) is 6.99. The first-order valence-corrected chi connectivity index (χ1v) is 13.2. The molecule has 2 aliphatic rings. The van der Waals surface area contributed by atoms with E-state index in [0.29, 0.717) is 11.8 Å². The lowest BCUT2D eigenvalue weighted by Crippen LogP contribution is -2.60. The summed E-state index contributed by atoms with van der Waals surface area (Å²) in [5.41, 5.74) is 3.81. The fraction of sp³-hybridized carbons (Fsp3) is 0.800. The van der Waals surface area contributed by atoms with Gasteiger partial charge in [0.05, 0.1) is 11.7 Å². The van der Waals surface area contributed by atoms with Gasteiger partial charge in [-0.15, -0.1) is 0 Å². The highest BCUT2D eigenvalue weighted by Gasteiger charge is 2.59. The Balaban J connectivity index is 1.94. The van der Waals surface area contributed by atoms with Crippen molar-refractivity contribution < 1.29 is 10.2 Å². The molecule has 2 nitrogen and oxygen atoms in total. The van der Waals surface area contributed by atoms with Crippen LogP contribution in [0, 0.1) is 22.7 Å². The Morgan fingerprint density at radius 1 is 0.812 bits per heavy atom. The first kappa shape index (κ1) is 27.4. The molecule has 0 amide bonds. The Morgan fingerprint density at radius 3 is 1.97 bits per heavy atom. The van der Waals surface area contributed by atoms with Crippen LogP contribution in [0.4, 0.5) is 0 Å². The van der Waals surface area contributed by atoms with Gasteiger partial charge in [0, 0.05) is 0 Å². The molecule has 2 aliphatic carbocycles. The molecule has 0 heterocycles. The summed E-state index contributed by atoms with van der Waals surface area (Å²) in [4.78, 5) is 0. The van der Waals surface area contributed by atoms with Crippen LogP contribution in [-0.2, 0) is 0 Å². The summed E-state index contributed by atoms with van der Waals surface area (Å²) in [7, 11) is 0. The molecule has 0 aromatic rings. The summed E-state index contributed by atoms with van der Waals surface area (Å²) in [5.74, 6) is 0.773. The minimum Gasteiger partial charge on any atom is -0.393 e. The molecule has 32 heavy (non-hydrogen) atoms. The predicted octanol–water partition coefficient (Wildman–Crippen LogP) is 8.15. The van der Waals surface area contributed by atoms with Gasteiger partial charge in [-0.1, -0.05) is 55.7 Å². The molecule has 2 fully saturated rings. The zero-order chi connectivity index (χ0) is 24.2. The Bertz CT molecular complexity index is 704. The van der Waals surface area contributed by atoms with Crippen molar-refractivity contribution in [1.29, 1.82) is 0 Å². The average Bonchev–Trinajstić information content (AvgIpc) is 2.67. The Hall–Kier alpha value is -0.860. The summed E-state index contributed by atoms with van der Waals surface area (Å²) in [6, 6.07) is 0. The molecule has 0 aromatic heterocycles. The van der Waals surface area contributed by atoms with E-state index in [2.05, 4.69) is 73.6 Å². The molecule has 0 saturated heterocycles. The van der Waals surface area contributed by atoms with Crippen molar-refractivity contribution in [2.75, 3.05) is 0 Å². The monoisotopic (exact) mass is 444 g/mol. The van der Waals surface area contributed by atoms with E-state index in [9.17, 15) is 10.2 Å². The molecule has 1 unspecified atom stereocenters. The third kappa shape index (κ3) is 6.60. The molecule has 0 radical (unpaired) electrons. The van der Waals surface area contributed by atoms with Crippen molar-refractivity contribution in [2.24, 2.45) is 22.7 Å². The number of hydrogen-bond acceptors (Lipinski definition) is 2. The molecular weight excluding hydrogens is 392 g/mol. The largest absolute Gasteiger partial charge is 0.393 e. The molecule has 2 rings (SSSR count). The molecule has 2 saturated carbocycles. The molecular formula is C30H52O2. The highest BCUT2D eigenvalue weighted by molar-refractivity contribution is 5.10. The standard InChI is InChI=1S/C30H52O2/c1-22(2)12-9-13-23(3)14-10-15-24(4)16-11-17-26-29(7)20-19-27(31)28(5,6)25(29)18-21-30(26,8)32/h12,14,16,25-27,31-32H,9-11,13,15,17-21H2,1-8H3/b23-14+,24-16+/t25?,26-,27+,29+,30-/m1/s1. The minimum atomic E-state index is -0.601. The second-order valence-corrected chi connectivity index (χ2v) is 12.4. The maximum atomic E-state index is 11.4. The minimum absolute atomic E-state index is 0.0662. The SMILES string of the molecule is CC(C)=CCC/C(C)=C/CC/C(C)=C/CC[C@@H]1[C@@]2(C)CC[C@H](O)C(C)(C)C2CC[C@@]1(C)O. The van der Waals surface area contributed by atoms with E-state index in [1.807, 2.05) is 0 Å².